The molecule has 0 saturated carbocycles. The predicted molar refractivity (Wildman–Crippen MR) is 250 cm³/mol. The largest absolute Gasteiger partial charge is 0.455 e. The van der Waals surface area contributed by atoms with Crippen molar-refractivity contribution < 1.29 is 4.42 Å². The Morgan fingerprint density at radius 2 is 1.22 bits per heavy atom. The van der Waals surface area contributed by atoms with Gasteiger partial charge >= 0.3 is 0 Å². The van der Waals surface area contributed by atoms with Crippen LogP contribution in [0.25, 0.3) is 76.9 Å². The Labute approximate surface area is 343 Å². The molecule has 3 heteroatoms. The number of hydrogen-bond acceptors (Lipinski definition) is 2. The second-order valence-corrected chi connectivity index (χ2v) is 15.2. The van der Waals surface area contributed by atoms with E-state index < -0.39 is 0 Å². The van der Waals surface area contributed by atoms with Crippen LogP contribution in [0.2, 0.25) is 0 Å². The van der Waals surface area contributed by atoms with Crippen LogP contribution in [-0.4, -0.2) is 4.57 Å². The van der Waals surface area contributed by atoms with Crippen molar-refractivity contribution in [1.29, 1.82) is 0 Å². The van der Waals surface area contributed by atoms with Crippen LogP contribution in [0.15, 0.2) is 229 Å². The zero-order chi connectivity index (χ0) is 39.3. The van der Waals surface area contributed by atoms with E-state index in [4.69, 9.17) is 4.42 Å². The first-order chi connectivity index (χ1) is 29.2. The smallest absolute Gasteiger partial charge is 0.143 e. The normalized spacial score (nSPS) is 14.4. The molecule has 10 aromatic rings. The molecule has 59 heavy (non-hydrogen) atoms. The average molecular weight is 757 g/mol. The minimum absolute atomic E-state index is 0.147. The van der Waals surface area contributed by atoms with Gasteiger partial charge in [0, 0.05) is 61.0 Å². The zero-order valence-corrected chi connectivity index (χ0v) is 32.5. The van der Waals surface area contributed by atoms with Crippen LogP contribution >= 0.6 is 0 Å². The lowest BCUT2D eigenvalue weighted by Crippen LogP contribution is -2.19. The lowest BCUT2D eigenvalue weighted by atomic mass is 9.86. The molecule has 0 radical (unpaired) electrons. The van der Waals surface area contributed by atoms with Crippen LogP contribution in [0.1, 0.15) is 12.0 Å². The van der Waals surface area contributed by atoms with Crippen LogP contribution in [0.3, 0.4) is 0 Å². The number of rotatable bonds is 8. The van der Waals surface area contributed by atoms with Gasteiger partial charge in [-0.25, -0.2) is 0 Å². The molecule has 1 aliphatic rings. The van der Waals surface area contributed by atoms with Gasteiger partial charge in [-0.3, -0.25) is 0 Å². The van der Waals surface area contributed by atoms with Crippen LogP contribution in [-0.2, 0) is 0 Å². The highest BCUT2D eigenvalue weighted by Gasteiger charge is 2.25. The quantitative estimate of drug-likeness (QED) is 0.144. The standard InChI is InChI=1S/C56H40N2O/c1-2-16-44(38-17-4-3-5-18-38)40-20-14-21-43(37-40)57(41-32-34-42(35-33-41)58-53-29-12-8-23-46(53)47-24-9-13-30-54(47)58)52-28-11-10-25-48(52)49-26-15-27-50-51-36-31-39-19-6-7-22-45(39)55(51)59-56(49)50/h2-19,21-37,40H,1,20H2/b44-16+. The molecule has 0 N–H and O–H groups in total. The van der Waals surface area contributed by atoms with E-state index in [-0.39, 0.29) is 5.92 Å². The molecule has 0 fully saturated rings. The third-order valence-corrected chi connectivity index (χ3v) is 11.9. The van der Waals surface area contributed by atoms with E-state index in [1.165, 1.54) is 38.3 Å². The molecule has 8 aromatic carbocycles. The van der Waals surface area contributed by atoms with E-state index in [0.717, 1.165) is 67.6 Å². The Morgan fingerprint density at radius 1 is 0.576 bits per heavy atom. The van der Waals surface area contributed by atoms with Crippen molar-refractivity contribution in [3.8, 4) is 16.8 Å². The van der Waals surface area contributed by atoms with E-state index >= 15 is 0 Å². The lowest BCUT2D eigenvalue weighted by Gasteiger charge is -2.32. The highest BCUT2D eigenvalue weighted by atomic mass is 16.3. The number of anilines is 2. The van der Waals surface area contributed by atoms with Gasteiger partial charge in [-0.15, -0.1) is 0 Å². The summed E-state index contributed by atoms with van der Waals surface area (Å²) in [4.78, 5) is 2.42. The number of hydrogen-bond donors (Lipinski definition) is 0. The van der Waals surface area contributed by atoms with Crippen molar-refractivity contribution in [3.63, 3.8) is 0 Å². The number of allylic oxidation sites excluding steroid dienone is 6. The third-order valence-electron chi connectivity index (χ3n) is 11.9. The monoisotopic (exact) mass is 756 g/mol. The molecule has 0 spiro atoms. The molecule has 1 aliphatic carbocycles. The van der Waals surface area contributed by atoms with Crippen molar-refractivity contribution in [3.05, 3.63) is 230 Å². The van der Waals surface area contributed by atoms with Gasteiger partial charge in [-0.2, -0.15) is 0 Å². The highest BCUT2D eigenvalue weighted by molar-refractivity contribution is 6.17. The maximum atomic E-state index is 6.92. The molecule has 0 saturated heterocycles. The van der Waals surface area contributed by atoms with Gasteiger partial charge in [-0.05, 0) is 77.6 Å². The van der Waals surface area contributed by atoms with Gasteiger partial charge in [0.05, 0.1) is 16.7 Å². The van der Waals surface area contributed by atoms with Gasteiger partial charge in [0.25, 0.3) is 0 Å². The Bertz CT molecular complexity index is 3270. The van der Waals surface area contributed by atoms with Crippen molar-refractivity contribution in [2.45, 2.75) is 6.42 Å². The molecule has 0 amide bonds. The van der Waals surface area contributed by atoms with E-state index in [1.807, 2.05) is 6.08 Å². The number of furan rings is 1. The van der Waals surface area contributed by atoms with Gasteiger partial charge in [0.1, 0.15) is 11.2 Å². The summed E-state index contributed by atoms with van der Waals surface area (Å²) in [5.41, 5.74) is 13.1. The SMILES string of the molecule is C=C/C=C(\c1ccccc1)C1C=C(N(c2ccc(-n3c4ccccc4c4ccccc43)cc2)c2ccccc2-c2cccc3c2oc2c4ccccc4ccc32)C=CC1. The van der Waals surface area contributed by atoms with Crippen molar-refractivity contribution in [2.75, 3.05) is 4.90 Å². The summed E-state index contributed by atoms with van der Waals surface area (Å²) in [6.07, 6.45) is 12.0. The topological polar surface area (TPSA) is 21.3 Å². The molecule has 2 aromatic heterocycles. The molecular formula is C56H40N2O. The highest BCUT2D eigenvalue weighted by Crippen LogP contribution is 2.45. The first-order valence-electron chi connectivity index (χ1n) is 20.3. The summed E-state index contributed by atoms with van der Waals surface area (Å²) in [6, 6.07) is 65.2. The number of benzene rings is 8. The predicted octanol–water partition coefficient (Wildman–Crippen LogP) is 15.4. The van der Waals surface area contributed by atoms with Gasteiger partial charge in [0.2, 0.25) is 0 Å². The van der Waals surface area contributed by atoms with Crippen molar-refractivity contribution in [1.82, 2.24) is 4.57 Å². The molecule has 1 atom stereocenters. The Morgan fingerprint density at radius 3 is 2.00 bits per heavy atom. The number of fused-ring (bicyclic) bond motifs is 8. The van der Waals surface area contributed by atoms with Crippen molar-refractivity contribution in [2.24, 2.45) is 5.92 Å². The second-order valence-electron chi connectivity index (χ2n) is 15.2. The average Bonchev–Trinajstić information content (AvgIpc) is 3.86. The zero-order valence-electron chi connectivity index (χ0n) is 32.5. The number of nitrogens with zero attached hydrogens (tertiary/aromatic N) is 2. The molecular weight excluding hydrogens is 717 g/mol. The van der Waals surface area contributed by atoms with Crippen LogP contribution < -0.4 is 4.90 Å². The lowest BCUT2D eigenvalue weighted by molar-refractivity contribution is 0.674. The third kappa shape index (κ3) is 5.82. The summed E-state index contributed by atoms with van der Waals surface area (Å²) in [5.74, 6) is 0.147. The van der Waals surface area contributed by atoms with E-state index in [2.05, 4.69) is 222 Å². The van der Waals surface area contributed by atoms with Crippen molar-refractivity contribution >= 4 is 71.5 Å². The van der Waals surface area contributed by atoms with E-state index in [0.29, 0.717) is 0 Å². The molecule has 11 rings (SSSR count). The molecule has 3 nitrogen and oxygen atoms in total. The molecule has 0 aliphatic heterocycles. The maximum absolute atomic E-state index is 6.92. The Hall–Kier alpha value is -7.62. The van der Waals surface area contributed by atoms with Crippen LogP contribution in [0.5, 0.6) is 0 Å². The fourth-order valence-corrected chi connectivity index (χ4v) is 9.24. The van der Waals surface area contributed by atoms with Gasteiger partial charge in [0.15, 0.2) is 0 Å². The van der Waals surface area contributed by atoms with E-state index in [9.17, 15) is 0 Å². The fraction of sp³-hybridized carbons (Fsp3) is 0.0357. The first-order valence-corrected chi connectivity index (χ1v) is 20.3. The summed E-state index contributed by atoms with van der Waals surface area (Å²) in [5, 5.41) is 7.03. The summed E-state index contributed by atoms with van der Waals surface area (Å²) in [7, 11) is 0. The summed E-state index contributed by atoms with van der Waals surface area (Å²) in [6.45, 7) is 4.10. The Balaban J connectivity index is 1.11. The maximum Gasteiger partial charge on any atom is 0.143 e. The second kappa shape index (κ2) is 14.4. The summed E-state index contributed by atoms with van der Waals surface area (Å²) >= 11 is 0. The van der Waals surface area contributed by atoms with Crippen LogP contribution in [0, 0.1) is 5.92 Å². The Kier molecular flexibility index (Phi) is 8.45. The minimum Gasteiger partial charge on any atom is -0.455 e. The molecule has 1 unspecified atom stereocenters. The number of aromatic nitrogens is 1. The first kappa shape index (κ1) is 34.6. The molecule has 2 heterocycles. The molecule has 0 bridgehead atoms. The summed E-state index contributed by atoms with van der Waals surface area (Å²) < 4.78 is 9.30. The van der Waals surface area contributed by atoms with Gasteiger partial charge < -0.3 is 13.9 Å². The molecule has 280 valence electrons. The van der Waals surface area contributed by atoms with Gasteiger partial charge in [-0.1, -0.05) is 164 Å². The van der Waals surface area contributed by atoms with E-state index in [1.54, 1.807) is 0 Å². The number of para-hydroxylation sites is 4. The fourth-order valence-electron chi connectivity index (χ4n) is 9.24. The van der Waals surface area contributed by atoms with Crippen LogP contribution in [0.4, 0.5) is 11.4 Å². The minimum atomic E-state index is 0.147.